The monoisotopic (exact) mass is 535 g/mol. The van der Waals surface area contributed by atoms with Crippen LogP contribution in [0.2, 0.25) is 0 Å². The lowest BCUT2D eigenvalue weighted by Crippen LogP contribution is -2.55. The number of hydrogen-bond donors (Lipinski definition) is 1. The fraction of sp³-hybridized carbons (Fsp3) is 0.800. The summed E-state index contributed by atoms with van der Waals surface area (Å²) in [7, 11) is 1.94. The van der Waals surface area contributed by atoms with Crippen molar-refractivity contribution in [3.05, 3.63) is 29.8 Å². The summed E-state index contributed by atoms with van der Waals surface area (Å²) < 4.78 is 12.7. The van der Waals surface area contributed by atoms with E-state index >= 15 is 0 Å². The number of benzene rings is 1. The molecule has 0 spiro atoms. The van der Waals surface area contributed by atoms with Gasteiger partial charge in [0.15, 0.2) is 0 Å². The van der Waals surface area contributed by atoms with Crippen LogP contribution in [0.15, 0.2) is 24.3 Å². The Labute approximate surface area is 237 Å². The first-order valence-electron chi connectivity index (χ1n) is 16.5. The Kier molecular flexibility index (Phi) is 8.17. The molecular formula is C35H53NO3. The summed E-state index contributed by atoms with van der Waals surface area (Å²) in [6.45, 7) is 5.63. The molecular weight excluding hydrogens is 482 g/mol. The predicted octanol–water partition coefficient (Wildman–Crippen LogP) is 8.05. The molecule has 1 N–H and O–H groups in total. The van der Waals surface area contributed by atoms with Crippen molar-refractivity contribution < 1.29 is 14.3 Å². The summed E-state index contributed by atoms with van der Waals surface area (Å²) in [4.78, 5) is 12.3. The second-order valence-corrected chi connectivity index (χ2v) is 14.4. The van der Waals surface area contributed by atoms with Crippen LogP contribution < -0.4 is 10.1 Å². The van der Waals surface area contributed by atoms with Crippen molar-refractivity contribution in [2.45, 2.75) is 128 Å². The lowest BCUT2D eigenvalue weighted by Gasteiger charge is -2.60. The van der Waals surface area contributed by atoms with Gasteiger partial charge in [0.1, 0.15) is 11.5 Å². The maximum Gasteiger partial charge on any atom is 0.133 e. The van der Waals surface area contributed by atoms with Gasteiger partial charge in [0.2, 0.25) is 0 Å². The van der Waals surface area contributed by atoms with Crippen molar-refractivity contribution in [2.75, 3.05) is 13.7 Å². The Bertz CT molecular complexity index is 1000. The first kappa shape index (κ1) is 27.8. The lowest BCUT2D eigenvalue weighted by atomic mass is 9.44. The fourth-order valence-electron chi connectivity index (χ4n) is 10.6. The molecule has 1 aromatic rings. The zero-order valence-electron chi connectivity index (χ0n) is 24.9. The van der Waals surface area contributed by atoms with Gasteiger partial charge >= 0.3 is 0 Å². The highest BCUT2D eigenvalue weighted by atomic mass is 16.5. The first-order chi connectivity index (χ1) is 18.9. The normalized spacial score (nSPS) is 39.5. The van der Waals surface area contributed by atoms with Crippen molar-refractivity contribution >= 4 is 5.78 Å². The minimum atomic E-state index is 0.247. The van der Waals surface area contributed by atoms with E-state index in [9.17, 15) is 4.79 Å². The molecule has 0 aromatic heterocycles. The highest BCUT2D eigenvalue weighted by Gasteiger charge is 2.61. The Morgan fingerprint density at radius 3 is 2.67 bits per heavy atom. The lowest BCUT2D eigenvalue weighted by molar-refractivity contribution is -0.148. The quantitative estimate of drug-likeness (QED) is 0.366. The van der Waals surface area contributed by atoms with Crippen molar-refractivity contribution in [3.63, 3.8) is 0 Å². The topological polar surface area (TPSA) is 47.6 Å². The molecule has 0 heterocycles. The number of ether oxygens (including phenoxy) is 2. The predicted molar refractivity (Wildman–Crippen MR) is 157 cm³/mol. The van der Waals surface area contributed by atoms with E-state index in [1.165, 1.54) is 76.2 Å². The molecule has 0 radical (unpaired) electrons. The van der Waals surface area contributed by atoms with Crippen LogP contribution in [-0.2, 0) is 9.53 Å². The molecule has 1 aromatic carbocycles. The summed E-state index contributed by atoms with van der Waals surface area (Å²) in [6, 6.07) is 9.83. The molecule has 0 amide bonds. The minimum absolute atomic E-state index is 0.247. The molecule has 4 heteroatoms. The van der Waals surface area contributed by atoms with Gasteiger partial charge in [0.25, 0.3) is 0 Å². The maximum absolute atomic E-state index is 12.3. The molecule has 39 heavy (non-hydrogen) atoms. The zero-order chi connectivity index (χ0) is 27.0. The minimum Gasteiger partial charge on any atom is -0.494 e. The van der Waals surface area contributed by atoms with Gasteiger partial charge in [-0.05, 0) is 118 Å². The van der Waals surface area contributed by atoms with Gasteiger partial charge in [-0.1, -0.05) is 38.3 Å². The highest BCUT2D eigenvalue weighted by molar-refractivity contribution is 5.79. The first-order valence-corrected chi connectivity index (χ1v) is 16.5. The van der Waals surface area contributed by atoms with Gasteiger partial charge in [-0.3, -0.25) is 4.79 Å². The van der Waals surface area contributed by atoms with E-state index in [2.05, 4.69) is 43.4 Å². The van der Waals surface area contributed by atoms with Gasteiger partial charge in [0, 0.05) is 37.5 Å². The molecule has 0 aliphatic heterocycles. The Morgan fingerprint density at radius 1 is 1.00 bits per heavy atom. The third-order valence-corrected chi connectivity index (χ3v) is 12.7. The standard InChI is InChI=1S/C35H53NO3/c1-24(36-27-9-5-4-6-10-27)25-8-7-11-29(22-25)39-21-20-35-19-17-31-30(32(35)14-15-33(35)38-3)13-12-26-23-28(37)16-18-34(26,31)2/h7-8,11,22,24,26-27,30-33,36H,4-6,9-10,12-21,23H2,1-3H3/t24?,26?,30?,31?,32?,33-,34-,35+/m0/s1. The molecule has 4 nitrogen and oxygen atoms in total. The molecule has 216 valence electrons. The zero-order valence-corrected chi connectivity index (χ0v) is 24.9. The second kappa shape index (κ2) is 11.5. The number of hydrogen-bond acceptors (Lipinski definition) is 4. The smallest absolute Gasteiger partial charge is 0.133 e. The molecule has 0 saturated heterocycles. The van der Waals surface area contributed by atoms with Crippen molar-refractivity contribution in [1.82, 2.24) is 5.32 Å². The summed E-state index contributed by atoms with van der Waals surface area (Å²) in [5, 5.41) is 3.87. The Morgan fingerprint density at radius 2 is 1.85 bits per heavy atom. The second-order valence-electron chi connectivity index (χ2n) is 14.4. The van der Waals surface area contributed by atoms with E-state index in [1.54, 1.807) is 0 Å². The van der Waals surface area contributed by atoms with E-state index in [1.807, 2.05) is 7.11 Å². The van der Waals surface area contributed by atoms with E-state index in [0.717, 1.165) is 55.8 Å². The van der Waals surface area contributed by atoms with Crippen LogP contribution in [-0.4, -0.2) is 31.6 Å². The largest absolute Gasteiger partial charge is 0.494 e. The number of fused-ring (bicyclic) bond motifs is 5. The SMILES string of the molecule is CO[C@H]1CCC2C3CCC4CC(=O)CC[C@]4(C)C3CC[C@@]21CCOc1cccc(C(C)NC2CCCCC2)c1. The number of carbonyl (C=O) groups is 1. The van der Waals surface area contributed by atoms with E-state index in [0.29, 0.717) is 35.3 Å². The van der Waals surface area contributed by atoms with E-state index < -0.39 is 0 Å². The number of carbonyl (C=O) groups excluding carboxylic acids is 1. The van der Waals surface area contributed by atoms with Gasteiger partial charge in [-0.25, -0.2) is 0 Å². The summed E-state index contributed by atoms with van der Waals surface area (Å²) in [5.74, 6) is 4.47. The maximum atomic E-state index is 12.3. The van der Waals surface area contributed by atoms with Crippen LogP contribution in [0.4, 0.5) is 0 Å². The van der Waals surface area contributed by atoms with Crippen LogP contribution in [0.3, 0.4) is 0 Å². The van der Waals surface area contributed by atoms with Crippen LogP contribution >= 0.6 is 0 Å². The number of methoxy groups -OCH3 is 1. The summed E-state index contributed by atoms with van der Waals surface area (Å²) >= 11 is 0. The van der Waals surface area contributed by atoms with E-state index in [4.69, 9.17) is 9.47 Å². The molecule has 5 aliphatic carbocycles. The third kappa shape index (κ3) is 5.23. The average molecular weight is 536 g/mol. The molecule has 5 aliphatic rings. The average Bonchev–Trinajstić information content (AvgIpc) is 3.33. The van der Waals surface area contributed by atoms with Gasteiger partial charge < -0.3 is 14.8 Å². The van der Waals surface area contributed by atoms with Gasteiger partial charge in [-0.2, -0.15) is 0 Å². The third-order valence-electron chi connectivity index (χ3n) is 12.7. The number of ketones is 1. The van der Waals surface area contributed by atoms with E-state index in [-0.39, 0.29) is 5.41 Å². The Hall–Kier alpha value is -1.39. The van der Waals surface area contributed by atoms with Gasteiger partial charge in [-0.15, -0.1) is 0 Å². The molecule has 5 saturated carbocycles. The highest BCUT2D eigenvalue weighted by Crippen LogP contribution is 2.67. The fourth-order valence-corrected chi connectivity index (χ4v) is 10.6. The van der Waals surface area contributed by atoms with Crippen LogP contribution in [0.1, 0.15) is 122 Å². The molecule has 8 atom stereocenters. The Balaban J connectivity index is 1.11. The van der Waals surface area contributed by atoms with Crippen LogP contribution in [0, 0.1) is 34.5 Å². The van der Waals surface area contributed by atoms with Crippen LogP contribution in [0.5, 0.6) is 5.75 Å². The van der Waals surface area contributed by atoms with Gasteiger partial charge in [0.05, 0.1) is 12.7 Å². The number of Topliss-reactive ketones (excluding diaryl/α,β-unsaturated/α-hetero) is 1. The number of nitrogens with one attached hydrogen (secondary N) is 1. The number of rotatable bonds is 8. The molecule has 6 rings (SSSR count). The summed E-state index contributed by atoms with van der Waals surface area (Å²) in [6.07, 6.45) is 18.6. The van der Waals surface area contributed by atoms with Crippen LogP contribution in [0.25, 0.3) is 0 Å². The van der Waals surface area contributed by atoms with Crippen molar-refractivity contribution in [1.29, 1.82) is 0 Å². The molecule has 5 fully saturated rings. The summed E-state index contributed by atoms with van der Waals surface area (Å²) in [5.41, 5.74) is 1.95. The molecule has 5 unspecified atom stereocenters. The molecule has 0 bridgehead atoms. The van der Waals surface area contributed by atoms with Crippen molar-refractivity contribution in [2.24, 2.45) is 34.5 Å². The van der Waals surface area contributed by atoms with Crippen molar-refractivity contribution in [3.8, 4) is 5.75 Å².